The van der Waals surface area contributed by atoms with Crippen molar-refractivity contribution in [3.63, 3.8) is 0 Å². The number of halogens is 2. The van der Waals surface area contributed by atoms with E-state index in [1.165, 1.54) is 211 Å². The maximum absolute atomic E-state index is 3.97. The Labute approximate surface area is 468 Å². The second-order valence-electron chi connectivity index (χ2n) is 25.9. The van der Waals surface area contributed by atoms with E-state index < -0.39 is 0 Å². The molecular weight excluding hydrogens is 1020 g/mol. The Morgan fingerprint density at radius 2 is 0.527 bits per heavy atom. The zero-order valence-electron chi connectivity index (χ0n) is 48.6. The highest BCUT2D eigenvalue weighted by Gasteiger charge is 2.20. The SMILES string of the molecule is CC(C)CCCC(C)CCc1cc(Br)c2ccc3c(CCC(C)CCCC(C)C)cc(Br)c4ccc1c2c43.CC(C)CCCC(C)CCc1ccc2ccc3c(CCC(C)CCCC(C)C)ccc4ccc1c2c43. The molecule has 0 fully saturated rings. The van der Waals surface area contributed by atoms with Crippen LogP contribution in [-0.4, -0.2) is 0 Å². The van der Waals surface area contributed by atoms with Gasteiger partial charge in [-0.25, -0.2) is 0 Å². The third-order valence-electron chi connectivity index (χ3n) is 17.4. The Balaban J connectivity index is 0.000000217. The van der Waals surface area contributed by atoms with Crippen LogP contribution in [0.4, 0.5) is 0 Å². The highest BCUT2D eigenvalue weighted by molar-refractivity contribution is 9.11. The van der Waals surface area contributed by atoms with Gasteiger partial charge in [-0.1, -0.05) is 265 Å². The van der Waals surface area contributed by atoms with Crippen LogP contribution in [0, 0.1) is 47.3 Å². The first-order chi connectivity index (χ1) is 35.5. The minimum absolute atomic E-state index is 0.773. The summed E-state index contributed by atoms with van der Waals surface area (Å²) in [4.78, 5) is 0. The third-order valence-corrected chi connectivity index (χ3v) is 18.7. The molecule has 0 saturated heterocycles. The van der Waals surface area contributed by atoms with Crippen molar-refractivity contribution in [2.45, 2.75) is 212 Å². The Bertz CT molecular complexity index is 2760. The van der Waals surface area contributed by atoms with E-state index in [0.717, 1.165) is 60.2 Å². The lowest BCUT2D eigenvalue weighted by Crippen LogP contribution is -2.01. The minimum Gasteiger partial charge on any atom is -0.0628 e. The lowest BCUT2D eigenvalue weighted by Gasteiger charge is -2.20. The molecule has 0 aromatic heterocycles. The van der Waals surface area contributed by atoms with Gasteiger partial charge in [0.2, 0.25) is 0 Å². The first-order valence-corrected chi connectivity index (χ1v) is 31.8. The van der Waals surface area contributed by atoms with E-state index in [1.54, 1.807) is 0 Å². The summed E-state index contributed by atoms with van der Waals surface area (Å²) in [5, 5.41) is 17.3. The summed E-state index contributed by atoms with van der Waals surface area (Å²) < 4.78 is 2.48. The molecule has 74 heavy (non-hydrogen) atoms. The van der Waals surface area contributed by atoms with Gasteiger partial charge in [0.1, 0.15) is 0 Å². The summed E-state index contributed by atoms with van der Waals surface area (Å²) >= 11 is 7.93. The molecule has 8 aromatic carbocycles. The summed E-state index contributed by atoms with van der Waals surface area (Å²) in [6, 6.07) is 33.4. The fourth-order valence-corrected chi connectivity index (χ4v) is 13.7. The van der Waals surface area contributed by atoms with Crippen molar-refractivity contribution in [3.05, 3.63) is 116 Å². The Morgan fingerprint density at radius 1 is 0.270 bits per heavy atom. The Hall–Kier alpha value is -3.20. The molecule has 0 nitrogen and oxygen atoms in total. The lowest BCUT2D eigenvalue weighted by atomic mass is 9.86. The molecule has 0 aliphatic heterocycles. The molecule has 0 amide bonds. The first-order valence-electron chi connectivity index (χ1n) is 30.2. The molecule has 0 N–H and O–H groups in total. The predicted octanol–water partition coefficient (Wildman–Crippen LogP) is 24.3. The van der Waals surface area contributed by atoms with Crippen molar-refractivity contribution in [1.82, 2.24) is 0 Å². The fourth-order valence-electron chi connectivity index (χ4n) is 12.5. The lowest BCUT2D eigenvalue weighted by molar-refractivity contribution is 0.437. The van der Waals surface area contributed by atoms with Gasteiger partial charge in [0.25, 0.3) is 0 Å². The molecule has 0 saturated carbocycles. The fraction of sp³-hybridized carbons (Fsp3) is 0.556. The Kier molecular flexibility index (Phi) is 22.1. The molecule has 4 unspecified atom stereocenters. The maximum atomic E-state index is 3.97. The smallest absolute Gasteiger partial charge is 0.0257 e. The second-order valence-corrected chi connectivity index (χ2v) is 27.6. The van der Waals surface area contributed by atoms with Gasteiger partial charge >= 0.3 is 0 Å². The maximum Gasteiger partial charge on any atom is 0.0257 e. The topological polar surface area (TPSA) is 0 Å². The van der Waals surface area contributed by atoms with Crippen LogP contribution in [0.1, 0.15) is 208 Å². The van der Waals surface area contributed by atoms with E-state index in [2.05, 4.69) is 200 Å². The third kappa shape index (κ3) is 15.5. The van der Waals surface area contributed by atoms with E-state index in [0.29, 0.717) is 0 Å². The second kappa shape index (κ2) is 27.9. The molecular formula is C72H98Br2. The van der Waals surface area contributed by atoms with Gasteiger partial charge in [0.15, 0.2) is 0 Å². The number of rotatable bonds is 28. The van der Waals surface area contributed by atoms with Crippen molar-refractivity contribution in [2.24, 2.45) is 47.3 Å². The van der Waals surface area contributed by atoms with Gasteiger partial charge < -0.3 is 0 Å². The van der Waals surface area contributed by atoms with Crippen LogP contribution in [0.3, 0.4) is 0 Å². The van der Waals surface area contributed by atoms with Crippen LogP contribution in [0.5, 0.6) is 0 Å². The Morgan fingerprint density at radius 3 is 0.838 bits per heavy atom. The van der Waals surface area contributed by atoms with Crippen molar-refractivity contribution in [2.75, 3.05) is 0 Å². The number of hydrogen-bond donors (Lipinski definition) is 0. The van der Waals surface area contributed by atoms with Crippen LogP contribution >= 0.6 is 31.9 Å². The molecule has 0 radical (unpaired) electrons. The summed E-state index contributed by atoms with van der Waals surface area (Å²) in [6.07, 6.45) is 26.1. The van der Waals surface area contributed by atoms with Crippen LogP contribution in [-0.2, 0) is 25.7 Å². The van der Waals surface area contributed by atoms with Gasteiger partial charge in [-0.2, -0.15) is 0 Å². The van der Waals surface area contributed by atoms with Crippen LogP contribution in [0.15, 0.2) is 93.9 Å². The molecule has 8 rings (SSSR count). The standard InChI is InChI=1S/C36H48Br2.C36H50/c1-23(2)9-7-11-25(5)13-15-27-21-33(37)31-20-18-30-28(16-14-26(6)12-8-10-24(3)4)22-34(38)32-19-17-29(27)35(31)36(30)32;1-25(2)9-7-11-27(5)13-15-29-17-19-31-22-24-34-30(16-14-28(6)12-8-10-26(3)4)18-20-32-21-23-33(29)35(31)36(32)34/h17-26H,7-16H2,1-6H3;17-28H,7-16H2,1-6H3. The zero-order chi connectivity index (χ0) is 53.1. The predicted molar refractivity (Wildman–Crippen MR) is 340 cm³/mol. The molecule has 0 bridgehead atoms. The van der Waals surface area contributed by atoms with Gasteiger partial charge in [-0.3, -0.25) is 0 Å². The zero-order valence-corrected chi connectivity index (χ0v) is 51.8. The molecule has 8 aromatic rings. The van der Waals surface area contributed by atoms with E-state index in [4.69, 9.17) is 0 Å². The quantitative estimate of drug-likeness (QED) is 0.0429. The van der Waals surface area contributed by atoms with Gasteiger partial charge in [-0.15, -0.1) is 0 Å². The van der Waals surface area contributed by atoms with Crippen molar-refractivity contribution < 1.29 is 0 Å². The van der Waals surface area contributed by atoms with E-state index in [9.17, 15) is 0 Å². The van der Waals surface area contributed by atoms with Gasteiger partial charge in [0, 0.05) is 8.95 Å². The molecule has 0 spiro atoms. The summed E-state index contributed by atoms with van der Waals surface area (Å²) in [5.74, 6) is 6.43. The van der Waals surface area contributed by atoms with Gasteiger partial charge in [0.05, 0.1) is 0 Å². The minimum atomic E-state index is 0.773. The molecule has 4 atom stereocenters. The average Bonchev–Trinajstić information content (AvgIpc) is 3.36. The van der Waals surface area contributed by atoms with E-state index in [1.807, 2.05) is 0 Å². The monoisotopic (exact) mass is 1120 g/mol. The van der Waals surface area contributed by atoms with Crippen molar-refractivity contribution in [3.8, 4) is 0 Å². The highest BCUT2D eigenvalue weighted by Crippen LogP contribution is 2.44. The van der Waals surface area contributed by atoms with E-state index in [-0.39, 0.29) is 0 Å². The molecule has 2 heteroatoms. The average molecular weight is 1120 g/mol. The summed E-state index contributed by atoms with van der Waals surface area (Å²) in [7, 11) is 0. The summed E-state index contributed by atoms with van der Waals surface area (Å²) in [5.41, 5.74) is 6.07. The van der Waals surface area contributed by atoms with Gasteiger partial charge in [-0.05, 0) is 198 Å². The van der Waals surface area contributed by atoms with Crippen LogP contribution in [0.2, 0.25) is 0 Å². The summed E-state index contributed by atoms with van der Waals surface area (Å²) in [6.45, 7) is 28.5. The molecule has 400 valence electrons. The molecule has 0 aliphatic carbocycles. The molecule has 0 aliphatic rings. The number of aryl methyl sites for hydroxylation is 4. The molecule has 0 heterocycles. The van der Waals surface area contributed by atoms with Crippen molar-refractivity contribution in [1.29, 1.82) is 0 Å². The van der Waals surface area contributed by atoms with Crippen LogP contribution < -0.4 is 0 Å². The van der Waals surface area contributed by atoms with Crippen LogP contribution in [0.25, 0.3) is 64.6 Å². The first kappa shape index (κ1) is 58.5. The van der Waals surface area contributed by atoms with E-state index >= 15 is 0 Å². The largest absolute Gasteiger partial charge is 0.0628 e. The number of hydrogen-bond acceptors (Lipinski definition) is 0. The number of benzene rings is 8. The highest BCUT2D eigenvalue weighted by atomic mass is 79.9. The van der Waals surface area contributed by atoms with Crippen molar-refractivity contribution >= 4 is 96.5 Å². The normalized spacial score (nSPS) is 14.1.